The number of hydrogen-bond donors (Lipinski definition) is 0. The highest BCUT2D eigenvalue weighted by Crippen LogP contribution is 2.39. The third-order valence-electron chi connectivity index (χ3n) is 8.78. The second kappa shape index (κ2) is 7.34. The van der Waals surface area contributed by atoms with Crippen molar-refractivity contribution in [3.63, 3.8) is 0 Å². The lowest BCUT2D eigenvalue weighted by atomic mass is 9.78. The molecule has 1 fully saturated rings. The number of hydrogen-bond acceptors (Lipinski definition) is 3. The van der Waals surface area contributed by atoms with Crippen molar-refractivity contribution >= 4 is 72.5 Å². The van der Waals surface area contributed by atoms with E-state index in [9.17, 15) is 0 Å². The molecule has 5 aromatic carbocycles. The molecule has 0 bridgehead atoms. The topological polar surface area (TPSA) is 35.8 Å². The minimum atomic E-state index is -0.428. The normalized spacial score (nSPS) is 17.1. The second-order valence-corrected chi connectivity index (χ2v) is 11.5. The van der Waals surface area contributed by atoms with Gasteiger partial charge in [0.2, 0.25) is 0 Å². The van der Waals surface area contributed by atoms with Gasteiger partial charge in [-0.3, -0.25) is 4.40 Å². The maximum atomic E-state index is 6.44. The minimum absolute atomic E-state index is 0.398. The van der Waals surface area contributed by atoms with Crippen molar-refractivity contribution < 1.29 is 9.31 Å². The maximum absolute atomic E-state index is 6.44. The third kappa shape index (κ3) is 2.86. The highest BCUT2D eigenvalue weighted by atomic mass is 16.7. The summed E-state index contributed by atoms with van der Waals surface area (Å²) in [7, 11) is -0.428. The van der Waals surface area contributed by atoms with Crippen LogP contribution < -0.4 is 5.46 Å². The Morgan fingerprint density at radius 1 is 0.632 bits per heavy atom. The standard InChI is InChI=1S/C33H27BN2O2/c1-32(2)33(3,4)38-34(37-32)22-15-17-25-26-16-13-20-9-5-7-11-23(20)29(26)31-35-30-24-12-8-6-10-21(24)14-18-27(30)36(31)28(25)19-22/h5-19H,1-4H3. The minimum Gasteiger partial charge on any atom is -0.399 e. The zero-order chi connectivity index (χ0) is 25.8. The smallest absolute Gasteiger partial charge is 0.399 e. The summed E-state index contributed by atoms with van der Waals surface area (Å²) in [5, 5.41) is 8.35. The van der Waals surface area contributed by atoms with E-state index in [0.29, 0.717) is 0 Å². The van der Waals surface area contributed by atoms with Gasteiger partial charge in [-0.05, 0) is 66.8 Å². The molecule has 8 rings (SSSR count). The molecule has 184 valence electrons. The van der Waals surface area contributed by atoms with Crippen LogP contribution in [0.4, 0.5) is 0 Å². The lowest BCUT2D eigenvalue weighted by molar-refractivity contribution is 0.00578. The van der Waals surface area contributed by atoms with Crippen LogP contribution in [0.25, 0.3) is 59.9 Å². The van der Waals surface area contributed by atoms with Gasteiger partial charge in [0.05, 0.1) is 27.8 Å². The van der Waals surface area contributed by atoms with Crippen molar-refractivity contribution in [1.82, 2.24) is 9.38 Å². The number of nitrogens with zero attached hydrogens (tertiary/aromatic N) is 2. The quantitative estimate of drug-likeness (QED) is 0.176. The molecule has 1 aliphatic rings. The largest absolute Gasteiger partial charge is 0.494 e. The first-order valence-electron chi connectivity index (χ1n) is 13.3. The molecular formula is C33H27BN2O2. The van der Waals surface area contributed by atoms with Crippen LogP contribution in [-0.4, -0.2) is 27.7 Å². The van der Waals surface area contributed by atoms with Gasteiger partial charge in [-0.1, -0.05) is 78.9 Å². The van der Waals surface area contributed by atoms with Gasteiger partial charge in [-0.25, -0.2) is 4.98 Å². The number of imidazole rings is 1. The van der Waals surface area contributed by atoms with Crippen LogP contribution in [0.15, 0.2) is 91.0 Å². The molecule has 3 heterocycles. The molecule has 1 saturated heterocycles. The summed E-state index contributed by atoms with van der Waals surface area (Å²) in [5.74, 6) is 0. The summed E-state index contributed by atoms with van der Waals surface area (Å²) in [6.45, 7) is 8.39. The van der Waals surface area contributed by atoms with Crippen LogP contribution in [0.5, 0.6) is 0 Å². The summed E-state index contributed by atoms with van der Waals surface area (Å²) in [4.78, 5) is 5.35. The first-order valence-corrected chi connectivity index (χ1v) is 13.3. The predicted octanol–water partition coefficient (Wildman–Crippen LogP) is 7.40. The Bertz CT molecular complexity index is 2090. The van der Waals surface area contributed by atoms with Crippen LogP contribution >= 0.6 is 0 Å². The molecule has 0 aliphatic carbocycles. The first-order chi connectivity index (χ1) is 18.3. The highest BCUT2D eigenvalue weighted by Gasteiger charge is 2.51. The van der Waals surface area contributed by atoms with Crippen molar-refractivity contribution in [3.8, 4) is 0 Å². The lowest BCUT2D eigenvalue weighted by Crippen LogP contribution is -2.41. The summed E-state index contributed by atoms with van der Waals surface area (Å²) in [5.41, 5.74) is 4.42. The molecule has 0 saturated carbocycles. The van der Waals surface area contributed by atoms with Crippen LogP contribution in [0, 0.1) is 0 Å². The predicted molar refractivity (Wildman–Crippen MR) is 158 cm³/mol. The summed E-state index contributed by atoms with van der Waals surface area (Å²) in [6.07, 6.45) is 0. The molecule has 0 atom stereocenters. The highest BCUT2D eigenvalue weighted by molar-refractivity contribution is 6.62. The molecule has 0 unspecified atom stereocenters. The van der Waals surface area contributed by atoms with Gasteiger partial charge in [0.15, 0.2) is 0 Å². The van der Waals surface area contributed by atoms with Gasteiger partial charge in [-0.15, -0.1) is 0 Å². The van der Waals surface area contributed by atoms with Crippen molar-refractivity contribution in [1.29, 1.82) is 0 Å². The van der Waals surface area contributed by atoms with Crippen molar-refractivity contribution in [2.24, 2.45) is 0 Å². The number of benzene rings is 5. The van der Waals surface area contributed by atoms with Gasteiger partial charge in [0.1, 0.15) is 5.65 Å². The summed E-state index contributed by atoms with van der Waals surface area (Å²) < 4.78 is 15.2. The molecule has 38 heavy (non-hydrogen) atoms. The van der Waals surface area contributed by atoms with E-state index in [1.165, 1.54) is 32.3 Å². The van der Waals surface area contributed by atoms with Gasteiger partial charge in [-0.2, -0.15) is 0 Å². The fraction of sp³-hybridized carbons (Fsp3) is 0.182. The van der Waals surface area contributed by atoms with Crippen LogP contribution in [-0.2, 0) is 9.31 Å². The van der Waals surface area contributed by atoms with E-state index in [0.717, 1.165) is 33.0 Å². The Morgan fingerprint density at radius 3 is 2.03 bits per heavy atom. The fourth-order valence-electron chi connectivity index (χ4n) is 6.05. The maximum Gasteiger partial charge on any atom is 0.494 e. The molecule has 1 aliphatic heterocycles. The van der Waals surface area contributed by atoms with Gasteiger partial charge < -0.3 is 9.31 Å². The Balaban J connectivity index is 1.54. The summed E-state index contributed by atoms with van der Waals surface area (Å²) in [6, 6.07) is 32.6. The van der Waals surface area contributed by atoms with E-state index in [1.807, 2.05) is 0 Å². The Kier molecular flexibility index (Phi) is 4.27. The molecule has 0 radical (unpaired) electrons. The van der Waals surface area contributed by atoms with E-state index >= 15 is 0 Å². The zero-order valence-electron chi connectivity index (χ0n) is 21.9. The van der Waals surface area contributed by atoms with Crippen molar-refractivity contribution in [2.75, 3.05) is 0 Å². The van der Waals surface area contributed by atoms with Gasteiger partial charge in [0, 0.05) is 16.2 Å². The average Bonchev–Trinajstić information content (AvgIpc) is 3.42. The Hall–Kier alpha value is -3.93. The molecule has 4 nitrogen and oxygen atoms in total. The molecule has 0 N–H and O–H groups in total. The number of fused-ring (bicyclic) bond motifs is 12. The monoisotopic (exact) mass is 494 g/mol. The number of rotatable bonds is 1. The van der Waals surface area contributed by atoms with Crippen LogP contribution in [0.2, 0.25) is 0 Å². The Labute approximate surface area is 220 Å². The molecular weight excluding hydrogens is 467 g/mol. The van der Waals surface area contributed by atoms with E-state index in [1.54, 1.807) is 0 Å². The average molecular weight is 494 g/mol. The van der Waals surface area contributed by atoms with Gasteiger partial charge >= 0.3 is 7.12 Å². The lowest BCUT2D eigenvalue weighted by Gasteiger charge is -2.32. The second-order valence-electron chi connectivity index (χ2n) is 11.5. The SMILES string of the molecule is CC1(C)OB(c2ccc3c4ccc5ccccc5c4c4nc5c6ccccc6ccc5n4c3c2)OC1(C)C. The van der Waals surface area contributed by atoms with E-state index < -0.39 is 18.3 Å². The molecule has 0 spiro atoms. The Morgan fingerprint density at radius 2 is 1.26 bits per heavy atom. The van der Waals surface area contributed by atoms with Gasteiger partial charge in [0.25, 0.3) is 0 Å². The third-order valence-corrected chi connectivity index (χ3v) is 8.78. The van der Waals surface area contributed by atoms with Crippen LogP contribution in [0.1, 0.15) is 27.7 Å². The summed E-state index contributed by atoms with van der Waals surface area (Å²) >= 11 is 0. The van der Waals surface area contributed by atoms with E-state index in [2.05, 4.69) is 123 Å². The first kappa shape index (κ1) is 22.1. The van der Waals surface area contributed by atoms with Crippen LogP contribution in [0.3, 0.4) is 0 Å². The molecule has 5 heteroatoms. The molecule has 2 aromatic heterocycles. The van der Waals surface area contributed by atoms with Crippen molar-refractivity contribution in [3.05, 3.63) is 91.0 Å². The zero-order valence-corrected chi connectivity index (χ0v) is 21.9. The molecule has 0 amide bonds. The molecule has 7 aromatic rings. The number of aromatic nitrogens is 2. The number of pyridine rings is 1. The van der Waals surface area contributed by atoms with E-state index in [-0.39, 0.29) is 0 Å². The fourth-order valence-corrected chi connectivity index (χ4v) is 6.05. The van der Waals surface area contributed by atoms with E-state index in [4.69, 9.17) is 14.3 Å². The van der Waals surface area contributed by atoms with Crippen molar-refractivity contribution in [2.45, 2.75) is 38.9 Å².